The molecule has 1 heterocycles. The molecule has 0 amide bonds. The van der Waals surface area contributed by atoms with Gasteiger partial charge in [-0.25, -0.2) is 4.98 Å². The predicted molar refractivity (Wildman–Crippen MR) is 62.1 cm³/mol. The number of hydrogen-bond donors (Lipinski definition) is 2. The zero-order chi connectivity index (χ0) is 11.4. The first-order valence-corrected chi connectivity index (χ1v) is 5.08. The Morgan fingerprint density at radius 3 is 3.06 bits per heavy atom. The number of imidazole rings is 1. The molecule has 0 aliphatic carbocycles. The Bertz CT molecular complexity index is 513. The van der Waals surface area contributed by atoms with E-state index in [1.54, 1.807) is 24.7 Å². The fraction of sp³-hybridized carbons (Fsp3) is 0.0909. The molecule has 5 heteroatoms. The van der Waals surface area contributed by atoms with Crippen LogP contribution in [-0.4, -0.2) is 9.97 Å². The molecule has 0 bridgehead atoms. The van der Waals surface area contributed by atoms with Gasteiger partial charge in [-0.3, -0.25) is 0 Å². The number of nitrogens with zero attached hydrogens (tertiary/aromatic N) is 2. The van der Waals surface area contributed by atoms with Crippen LogP contribution in [-0.2, 0) is 6.54 Å². The van der Waals surface area contributed by atoms with Gasteiger partial charge in [0.2, 0.25) is 0 Å². The van der Waals surface area contributed by atoms with Gasteiger partial charge in [0.25, 0.3) is 0 Å². The Balaban J connectivity index is 2.08. The van der Waals surface area contributed by atoms with E-state index >= 15 is 0 Å². The summed E-state index contributed by atoms with van der Waals surface area (Å²) in [6.45, 7) is 0.631. The minimum absolute atomic E-state index is 0.467. The SMILES string of the molecule is N#Cc1cc(NCc2cnc[nH]2)ccc1Cl. The molecule has 0 radical (unpaired) electrons. The first-order valence-electron chi connectivity index (χ1n) is 4.70. The average Bonchev–Trinajstić information content (AvgIpc) is 2.81. The van der Waals surface area contributed by atoms with Crippen LogP contribution in [0.5, 0.6) is 0 Å². The highest BCUT2D eigenvalue weighted by Gasteiger charge is 2.01. The van der Waals surface area contributed by atoms with Crippen LogP contribution >= 0.6 is 11.6 Å². The summed E-state index contributed by atoms with van der Waals surface area (Å²) in [4.78, 5) is 6.90. The third-order valence-corrected chi connectivity index (χ3v) is 2.45. The van der Waals surface area contributed by atoms with Gasteiger partial charge in [-0.15, -0.1) is 0 Å². The predicted octanol–water partition coefficient (Wildman–Crippen LogP) is 2.55. The monoisotopic (exact) mass is 232 g/mol. The van der Waals surface area contributed by atoms with Gasteiger partial charge < -0.3 is 10.3 Å². The zero-order valence-electron chi connectivity index (χ0n) is 8.37. The Morgan fingerprint density at radius 2 is 2.38 bits per heavy atom. The molecule has 0 atom stereocenters. The van der Waals surface area contributed by atoms with Gasteiger partial charge in [-0.1, -0.05) is 11.6 Å². The molecule has 0 saturated heterocycles. The molecule has 2 N–H and O–H groups in total. The van der Waals surface area contributed by atoms with E-state index < -0.39 is 0 Å². The highest BCUT2D eigenvalue weighted by atomic mass is 35.5. The second-order valence-corrected chi connectivity index (χ2v) is 3.64. The summed E-state index contributed by atoms with van der Waals surface area (Å²) in [5.41, 5.74) is 2.31. The Morgan fingerprint density at radius 1 is 1.50 bits per heavy atom. The van der Waals surface area contributed by atoms with E-state index in [9.17, 15) is 0 Å². The van der Waals surface area contributed by atoms with Gasteiger partial charge in [0.1, 0.15) is 6.07 Å². The number of aromatic amines is 1. The fourth-order valence-corrected chi connectivity index (χ4v) is 1.46. The molecule has 4 nitrogen and oxygen atoms in total. The lowest BCUT2D eigenvalue weighted by Gasteiger charge is -2.05. The maximum atomic E-state index is 8.82. The smallest absolute Gasteiger partial charge is 0.101 e. The van der Waals surface area contributed by atoms with Gasteiger partial charge in [0.05, 0.1) is 29.2 Å². The summed E-state index contributed by atoms with van der Waals surface area (Å²) in [5.74, 6) is 0. The number of aromatic nitrogens is 2. The van der Waals surface area contributed by atoms with Crippen molar-refractivity contribution in [2.24, 2.45) is 0 Å². The highest BCUT2D eigenvalue weighted by Crippen LogP contribution is 2.19. The lowest BCUT2D eigenvalue weighted by atomic mass is 10.2. The van der Waals surface area contributed by atoms with E-state index in [0.29, 0.717) is 17.1 Å². The van der Waals surface area contributed by atoms with E-state index in [0.717, 1.165) is 11.4 Å². The third kappa shape index (κ3) is 2.33. The second-order valence-electron chi connectivity index (χ2n) is 3.24. The van der Waals surface area contributed by atoms with Crippen molar-refractivity contribution >= 4 is 17.3 Å². The lowest BCUT2D eigenvalue weighted by Crippen LogP contribution is -1.99. The highest BCUT2D eigenvalue weighted by molar-refractivity contribution is 6.31. The molecule has 0 unspecified atom stereocenters. The Kier molecular flexibility index (Phi) is 3.08. The minimum atomic E-state index is 0.467. The van der Waals surface area contributed by atoms with Crippen molar-refractivity contribution in [2.45, 2.75) is 6.54 Å². The van der Waals surface area contributed by atoms with Crippen molar-refractivity contribution in [2.75, 3.05) is 5.32 Å². The van der Waals surface area contributed by atoms with Gasteiger partial charge in [-0.05, 0) is 18.2 Å². The second kappa shape index (κ2) is 4.69. The van der Waals surface area contributed by atoms with E-state index in [2.05, 4.69) is 15.3 Å². The summed E-state index contributed by atoms with van der Waals surface area (Å²) in [6, 6.07) is 7.29. The normalized spacial score (nSPS) is 9.75. The van der Waals surface area contributed by atoms with E-state index in [1.807, 2.05) is 12.1 Å². The van der Waals surface area contributed by atoms with Crippen molar-refractivity contribution < 1.29 is 0 Å². The number of nitriles is 1. The molecular formula is C11H9ClN4. The molecular weight excluding hydrogens is 224 g/mol. The summed E-state index contributed by atoms with van der Waals surface area (Å²) < 4.78 is 0. The van der Waals surface area contributed by atoms with Crippen molar-refractivity contribution in [3.63, 3.8) is 0 Å². The average molecular weight is 233 g/mol. The third-order valence-electron chi connectivity index (χ3n) is 2.12. The number of H-pyrrole nitrogens is 1. The summed E-state index contributed by atoms with van der Waals surface area (Å²) in [7, 11) is 0. The lowest BCUT2D eigenvalue weighted by molar-refractivity contribution is 1.07. The van der Waals surface area contributed by atoms with Gasteiger partial charge in [-0.2, -0.15) is 5.26 Å². The van der Waals surface area contributed by atoms with Crippen LogP contribution in [0.1, 0.15) is 11.3 Å². The Hall–Kier alpha value is -1.99. The zero-order valence-corrected chi connectivity index (χ0v) is 9.12. The molecule has 0 aliphatic heterocycles. The van der Waals surface area contributed by atoms with Crippen molar-refractivity contribution in [1.29, 1.82) is 5.26 Å². The van der Waals surface area contributed by atoms with Gasteiger partial charge in [0.15, 0.2) is 0 Å². The fourth-order valence-electron chi connectivity index (χ4n) is 1.30. The summed E-state index contributed by atoms with van der Waals surface area (Å²) >= 11 is 5.83. The van der Waals surface area contributed by atoms with Crippen LogP contribution in [0.3, 0.4) is 0 Å². The van der Waals surface area contributed by atoms with Gasteiger partial charge in [0, 0.05) is 11.9 Å². The van der Waals surface area contributed by atoms with E-state index in [-0.39, 0.29) is 0 Å². The first kappa shape index (κ1) is 10.5. The maximum Gasteiger partial charge on any atom is 0.101 e. The van der Waals surface area contributed by atoms with Crippen LogP contribution in [0.25, 0.3) is 0 Å². The van der Waals surface area contributed by atoms with Crippen LogP contribution < -0.4 is 5.32 Å². The molecule has 80 valence electrons. The minimum Gasteiger partial charge on any atom is -0.379 e. The van der Waals surface area contributed by atoms with Crippen molar-refractivity contribution in [3.8, 4) is 6.07 Å². The molecule has 1 aromatic heterocycles. The Labute approximate surface area is 97.9 Å². The molecule has 0 fully saturated rings. The van der Waals surface area contributed by atoms with Crippen LogP contribution in [0.15, 0.2) is 30.7 Å². The quantitative estimate of drug-likeness (QED) is 0.855. The van der Waals surface area contributed by atoms with Crippen molar-refractivity contribution in [3.05, 3.63) is 47.0 Å². The topological polar surface area (TPSA) is 64.5 Å². The molecule has 16 heavy (non-hydrogen) atoms. The maximum absolute atomic E-state index is 8.82. The number of rotatable bonds is 3. The number of halogens is 1. The molecule has 0 saturated carbocycles. The molecule has 1 aromatic carbocycles. The van der Waals surface area contributed by atoms with Crippen molar-refractivity contribution in [1.82, 2.24) is 9.97 Å². The molecule has 0 spiro atoms. The van der Waals surface area contributed by atoms with Crippen LogP contribution in [0.4, 0.5) is 5.69 Å². The molecule has 2 rings (SSSR count). The van der Waals surface area contributed by atoms with Gasteiger partial charge >= 0.3 is 0 Å². The van der Waals surface area contributed by atoms with E-state index in [1.165, 1.54) is 0 Å². The number of nitrogens with one attached hydrogen (secondary N) is 2. The van der Waals surface area contributed by atoms with E-state index in [4.69, 9.17) is 16.9 Å². The van der Waals surface area contributed by atoms with Crippen LogP contribution in [0, 0.1) is 11.3 Å². The largest absolute Gasteiger partial charge is 0.379 e. The molecule has 2 aromatic rings. The number of hydrogen-bond acceptors (Lipinski definition) is 3. The standard InChI is InChI=1S/C11H9ClN4/c12-11-2-1-9(3-8(11)4-13)15-6-10-5-14-7-16-10/h1-3,5,7,15H,6H2,(H,14,16). The summed E-state index contributed by atoms with van der Waals surface area (Å²) in [6.07, 6.45) is 3.37. The van der Waals surface area contributed by atoms with Crippen LogP contribution in [0.2, 0.25) is 5.02 Å². The number of anilines is 1. The number of benzene rings is 1. The first-order chi connectivity index (χ1) is 7.79. The summed E-state index contributed by atoms with van der Waals surface area (Å²) in [5, 5.41) is 12.5. The molecule has 0 aliphatic rings.